The van der Waals surface area contributed by atoms with Gasteiger partial charge in [0.1, 0.15) is 29.9 Å². The van der Waals surface area contributed by atoms with Crippen molar-refractivity contribution in [1.29, 1.82) is 0 Å². The number of nitrogens with zero attached hydrogens (tertiary/aromatic N) is 5. The molecule has 0 aliphatic carbocycles. The summed E-state index contributed by atoms with van der Waals surface area (Å²) in [4.78, 5) is 47.5. The van der Waals surface area contributed by atoms with E-state index in [4.69, 9.17) is 15.0 Å². The molecule has 2 aliphatic rings. The van der Waals surface area contributed by atoms with Gasteiger partial charge in [0, 0.05) is 23.8 Å². The summed E-state index contributed by atoms with van der Waals surface area (Å²) in [6.07, 6.45) is 0. The zero-order valence-electron chi connectivity index (χ0n) is 17.2. The number of aromatic nitrogens is 3. The van der Waals surface area contributed by atoms with E-state index < -0.39 is 29.2 Å². The van der Waals surface area contributed by atoms with Crippen molar-refractivity contribution in [3.05, 3.63) is 28.2 Å². The third kappa shape index (κ3) is 4.53. The lowest BCUT2D eigenvalue weighted by Crippen LogP contribution is -2.71. The molecule has 0 radical (unpaired) electrons. The molecule has 1 unspecified atom stereocenters. The Bertz CT molecular complexity index is 1180. The summed E-state index contributed by atoms with van der Waals surface area (Å²) < 4.78 is 5.30. The van der Waals surface area contributed by atoms with Gasteiger partial charge >= 0.3 is 5.97 Å². The van der Waals surface area contributed by atoms with Crippen molar-refractivity contribution < 1.29 is 28.7 Å². The number of oxime groups is 1. The molecular weight excluding hydrogens is 494 g/mol. The molecule has 2 amide bonds. The molecule has 2 atom stereocenters. The maximum Gasteiger partial charge on any atom is 0.352 e. The minimum absolute atomic E-state index is 0.101. The van der Waals surface area contributed by atoms with E-state index in [9.17, 15) is 19.5 Å². The molecule has 33 heavy (non-hydrogen) atoms. The number of carboxylic acid groups (broad SMARTS) is 1. The molecule has 13 nitrogen and oxygen atoms in total. The second kappa shape index (κ2) is 9.40. The summed E-state index contributed by atoms with van der Waals surface area (Å²) in [5, 5.41) is 25.2. The first kappa shape index (κ1) is 23.1. The molecule has 0 bridgehead atoms. The van der Waals surface area contributed by atoms with Gasteiger partial charge in [-0.1, -0.05) is 16.9 Å². The molecule has 174 valence electrons. The maximum atomic E-state index is 12.8. The highest BCUT2D eigenvalue weighted by molar-refractivity contribution is 8.01. The zero-order valence-corrected chi connectivity index (χ0v) is 19.6. The number of β-lactam (4-membered cyclic amide) rings is 1. The van der Waals surface area contributed by atoms with Gasteiger partial charge in [0.2, 0.25) is 5.89 Å². The average Bonchev–Trinajstić information content (AvgIpc) is 3.40. The largest absolute Gasteiger partial charge is 0.477 e. The zero-order chi connectivity index (χ0) is 23.7. The van der Waals surface area contributed by atoms with Gasteiger partial charge < -0.3 is 25.4 Å². The number of aliphatic carboxylic acids is 1. The number of hydrogen-bond acceptors (Lipinski definition) is 13. The molecule has 2 aromatic rings. The number of carbonyl (C=O) groups is 3. The standard InChI is InChI=1S/C17H17N7O6S3/c1-6-21-22-17(30-6)33-4-7-3-31-14-10(13(26)24(14)11(7)15(27)28)20-12(25)9(23-29-2)8-5-32-16(18)19-8/h5,10,14H,3-4H2,1-2H3,(H2,18,19)(H,20,25)(H,27,28)/b23-9-/t10?,14-/m1/s1. The minimum Gasteiger partial charge on any atom is -0.477 e. The van der Waals surface area contributed by atoms with Crippen LogP contribution in [-0.2, 0) is 19.2 Å². The van der Waals surface area contributed by atoms with E-state index >= 15 is 0 Å². The SMILES string of the molecule is CO/N=C(\C(=O)NC1C(=O)N2C(C(=O)O)=C(CSc3nnc(C)o3)CS[C@H]12)c1csc(N)n1. The van der Waals surface area contributed by atoms with E-state index in [-0.39, 0.29) is 28.0 Å². The van der Waals surface area contributed by atoms with E-state index in [2.05, 4.69) is 25.7 Å². The fraction of sp³-hybridized carbons (Fsp3) is 0.353. The number of carboxylic acids is 1. The first-order chi connectivity index (χ1) is 15.8. The first-order valence-electron chi connectivity index (χ1n) is 9.26. The summed E-state index contributed by atoms with van der Waals surface area (Å²) in [5.41, 5.74) is 6.13. The van der Waals surface area contributed by atoms with E-state index in [0.29, 0.717) is 22.4 Å². The van der Waals surface area contributed by atoms with Crippen LogP contribution >= 0.6 is 34.9 Å². The Morgan fingerprint density at radius 2 is 2.27 bits per heavy atom. The van der Waals surface area contributed by atoms with Gasteiger partial charge in [-0.25, -0.2) is 9.78 Å². The van der Waals surface area contributed by atoms with Gasteiger partial charge in [-0.3, -0.25) is 14.5 Å². The van der Waals surface area contributed by atoms with Gasteiger partial charge in [-0.05, 0) is 5.57 Å². The number of anilines is 1. The Kier molecular flexibility index (Phi) is 6.57. The van der Waals surface area contributed by atoms with Gasteiger partial charge in [0.15, 0.2) is 10.8 Å². The Balaban J connectivity index is 1.49. The quantitative estimate of drug-likeness (QED) is 0.191. The molecular formula is C17H17N7O6S3. The van der Waals surface area contributed by atoms with Gasteiger partial charge in [-0.2, -0.15) is 0 Å². The van der Waals surface area contributed by atoms with Crippen LogP contribution in [0.2, 0.25) is 0 Å². The van der Waals surface area contributed by atoms with Gasteiger partial charge in [0.05, 0.1) is 0 Å². The van der Waals surface area contributed by atoms with E-state index in [1.807, 2.05) is 0 Å². The highest BCUT2D eigenvalue weighted by Crippen LogP contribution is 2.41. The van der Waals surface area contributed by atoms with Crippen LogP contribution in [-0.4, -0.2) is 78.7 Å². The molecule has 4 heterocycles. The molecule has 0 spiro atoms. The van der Waals surface area contributed by atoms with Crippen LogP contribution in [0.4, 0.5) is 5.13 Å². The van der Waals surface area contributed by atoms with E-state index in [1.54, 1.807) is 6.92 Å². The lowest BCUT2D eigenvalue weighted by Gasteiger charge is -2.49. The topological polar surface area (TPSA) is 186 Å². The maximum absolute atomic E-state index is 12.8. The summed E-state index contributed by atoms with van der Waals surface area (Å²) in [7, 11) is 1.27. The second-order valence-corrected chi connectivity index (χ2v) is 9.61. The molecule has 2 aliphatic heterocycles. The Labute approximate surface area is 198 Å². The lowest BCUT2D eigenvalue weighted by atomic mass is 10.0. The van der Waals surface area contributed by atoms with Crippen molar-refractivity contribution in [3.63, 3.8) is 0 Å². The molecule has 1 fully saturated rings. The normalized spacial score (nSPS) is 20.4. The Hall–Kier alpha value is -3.11. The molecule has 16 heteroatoms. The highest BCUT2D eigenvalue weighted by Gasteiger charge is 2.54. The van der Waals surface area contributed by atoms with Crippen molar-refractivity contribution in [2.75, 3.05) is 24.3 Å². The van der Waals surface area contributed by atoms with Crippen LogP contribution < -0.4 is 11.1 Å². The number of nitrogen functional groups attached to an aromatic ring is 1. The van der Waals surface area contributed by atoms with Crippen molar-refractivity contribution in [2.24, 2.45) is 5.16 Å². The fourth-order valence-electron chi connectivity index (χ4n) is 3.18. The van der Waals surface area contributed by atoms with Gasteiger partial charge in [-0.15, -0.1) is 33.3 Å². The molecule has 4 rings (SSSR count). The molecule has 2 aromatic heterocycles. The first-order valence-corrected chi connectivity index (χ1v) is 12.2. The number of thioether (sulfide) groups is 2. The van der Waals surface area contributed by atoms with Crippen LogP contribution in [0.1, 0.15) is 11.6 Å². The third-order valence-electron chi connectivity index (χ3n) is 4.58. The van der Waals surface area contributed by atoms with Gasteiger partial charge in [0.25, 0.3) is 17.0 Å². The number of carbonyl (C=O) groups excluding carboxylic acids is 2. The predicted molar refractivity (Wildman–Crippen MR) is 120 cm³/mol. The number of nitrogens with two attached hydrogens (primary N) is 1. The molecule has 0 saturated carbocycles. The monoisotopic (exact) mass is 511 g/mol. The minimum atomic E-state index is -1.23. The van der Waals surface area contributed by atoms with E-state index in [0.717, 1.165) is 11.3 Å². The summed E-state index contributed by atoms with van der Waals surface area (Å²) in [6, 6.07) is -0.928. The number of thiazole rings is 1. The second-order valence-electron chi connectivity index (χ2n) is 6.69. The number of amides is 2. The number of rotatable bonds is 8. The summed E-state index contributed by atoms with van der Waals surface area (Å²) >= 11 is 3.66. The summed E-state index contributed by atoms with van der Waals surface area (Å²) in [5.74, 6) is -1.44. The molecule has 4 N–H and O–H groups in total. The van der Waals surface area contributed by atoms with E-state index in [1.165, 1.54) is 40.9 Å². The van der Waals surface area contributed by atoms with Crippen molar-refractivity contribution in [1.82, 2.24) is 25.4 Å². The van der Waals surface area contributed by atoms with Crippen LogP contribution in [0.15, 0.2) is 31.4 Å². The highest BCUT2D eigenvalue weighted by atomic mass is 32.2. The van der Waals surface area contributed by atoms with Crippen LogP contribution in [0, 0.1) is 6.92 Å². The lowest BCUT2D eigenvalue weighted by molar-refractivity contribution is -0.150. The number of fused-ring (bicyclic) bond motifs is 1. The number of aryl methyl sites for hydroxylation is 1. The number of nitrogens with one attached hydrogen (secondary N) is 1. The van der Waals surface area contributed by atoms with Crippen LogP contribution in [0.3, 0.4) is 0 Å². The Morgan fingerprint density at radius 3 is 2.88 bits per heavy atom. The smallest absolute Gasteiger partial charge is 0.352 e. The summed E-state index contributed by atoms with van der Waals surface area (Å²) in [6.45, 7) is 1.65. The fourth-order valence-corrected chi connectivity index (χ4v) is 6.02. The molecule has 0 aromatic carbocycles. The molecule has 1 saturated heterocycles. The van der Waals surface area contributed by atoms with Crippen molar-refractivity contribution >= 4 is 63.5 Å². The third-order valence-corrected chi connectivity index (χ3v) is 7.49. The predicted octanol–water partition coefficient (Wildman–Crippen LogP) is 0.298. The number of hydrogen-bond donors (Lipinski definition) is 3. The Morgan fingerprint density at radius 1 is 1.48 bits per heavy atom. The average molecular weight is 512 g/mol. The van der Waals surface area contributed by atoms with Crippen molar-refractivity contribution in [2.45, 2.75) is 23.6 Å². The van der Waals surface area contributed by atoms with Crippen LogP contribution in [0.5, 0.6) is 0 Å². The van der Waals surface area contributed by atoms with Crippen molar-refractivity contribution in [3.8, 4) is 0 Å². The van der Waals surface area contributed by atoms with Crippen LogP contribution in [0.25, 0.3) is 0 Å².